The summed E-state index contributed by atoms with van der Waals surface area (Å²) in [6.45, 7) is 9.12. The second kappa shape index (κ2) is 8.15. The maximum atomic E-state index is 5.52. The summed E-state index contributed by atoms with van der Waals surface area (Å²) in [6, 6.07) is 12.2. The molecule has 0 saturated heterocycles. The maximum Gasteiger partial charge on any atom is 0.164 e. The van der Waals surface area contributed by atoms with Gasteiger partial charge in [0, 0.05) is 0 Å². The average molecular weight is 342 g/mol. The lowest BCUT2D eigenvalue weighted by molar-refractivity contribution is 0.170. The molecule has 0 spiro atoms. The van der Waals surface area contributed by atoms with Crippen molar-refractivity contribution in [1.29, 1.82) is 0 Å². The molecule has 2 heterocycles. The van der Waals surface area contributed by atoms with Crippen LogP contribution in [-0.2, 0) is 6.42 Å². The zero-order valence-corrected chi connectivity index (χ0v) is 15.2. The topological polar surface area (TPSA) is 36.9 Å². The summed E-state index contributed by atoms with van der Waals surface area (Å²) in [4.78, 5) is 0. The van der Waals surface area contributed by atoms with Crippen molar-refractivity contribution in [1.82, 2.24) is 0 Å². The first-order valence-corrected chi connectivity index (χ1v) is 8.96. The molecular weight excluding hydrogens is 316 g/mol. The molecule has 4 rings (SSSR count). The van der Waals surface area contributed by atoms with E-state index in [-0.39, 0.29) is 0 Å². The molecule has 0 N–H and O–H groups in total. The van der Waals surface area contributed by atoms with Crippen molar-refractivity contribution < 1.29 is 18.9 Å². The molecule has 0 aliphatic carbocycles. The highest BCUT2D eigenvalue weighted by molar-refractivity contribution is 5.47. The quantitative estimate of drug-likeness (QED) is 0.799. The van der Waals surface area contributed by atoms with E-state index in [1.807, 2.05) is 18.2 Å². The van der Waals surface area contributed by atoms with Crippen LogP contribution in [0.3, 0.4) is 0 Å². The number of ether oxygens (including phenoxy) is 4. The van der Waals surface area contributed by atoms with Crippen LogP contribution >= 0.6 is 0 Å². The minimum Gasteiger partial charge on any atom is -0.486 e. The molecule has 4 heteroatoms. The molecule has 0 fully saturated rings. The third kappa shape index (κ3) is 4.19. The molecule has 2 aliphatic heterocycles. The normalized spacial score (nSPS) is 14.6. The van der Waals surface area contributed by atoms with Crippen LogP contribution < -0.4 is 18.9 Å². The van der Waals surface area contributed by atoms with Crippen molar-refractivity contribution in [3.8, 4) is 23.0 Å². The van der Waals surface area contributed by atoms with Gasteiger partial charge in [-0.15, -0.1) is 0 Å². The lowest BCUT2D eigenvalue weighted by atomic mass is 10.0. The average Bonchev–Trinajstić information content (AvgIpc) is 2.67. The van der Waals surface area contributed by atoms with Gasteiger partial charge in [0.05, 0.1) is 0 Å². The fourth-order valence-corrected chi connectivity index (χ4v) is 2.83. The van der Waals surface area contributed by atoms with Crippen molar-refractivity contribution >= 4 is 0 Å². The summed E-state index contributed by atoms with van der Waals surface area (Å²) in [5.41, 5.74) is 2.52. The summed E-state index contributed by atoms with van der Waals surface area (Å²) in [7, 11) is 0. The van der Waals surface area contributed by atoms with Gasteiger partial charge in [0.2, 0.25) is 0 Å². The lowest BCUT2D eigenvalue weighted by Gasteiger charge is -2.20. The molecule has 2 aliphatic rings. The molecular formula is C21H26O4. The van der Waals surface area contributed by atoms with Gasteiger partial charge in [-0.1, -0.05) is 39.0 Å². The highest BCUT2D eigenvalue weighted by Gasteiger charge is 2.14. The van der Waals surface area contributed by atoms with Gasteiger partial charge in [-0.05, 0) is 41.7 Å². The van der Waals surface area contributed by atoms with Crippen molar-refractivity contribution in [2.45, 2.75) is 33.1 Å². The summed E-state index contributed by atoms with van der Waals surface area (Å²) in [6.07, 6.45) is 0.993. The molecule has 0 radical (unpaired) electrons. The number of fused-ring (bicyclic) bond motifs is 2. The number of benzene rings is 2. The third-order valence-corrected chi connectivity index (χ3v) is 4.26. The maximum absolute atomic E-state index is 5.52. The minimum atomic E-state index is 0.538. The zero-order valence-electron chi connectivity index (χ0n) is 15.2. The second-order valence-electron chi connectivity index (χ2n) is 6.35. The molecule has 25 heavy (non-hydrogen) atoms. The van der Waals surface area contributed by atoms with Gasteiger partial charge in [-0.2, -0.15) is 0 Å². The van der Waals surface area contributed by atoms with Crippen molar-refractivity contribution in [3.63, 3.8) is 0 Å². The summed E-state index contributed by atoms with van der Waals surface area (Å²) < 4.78 is 21.9. The van der Waals surface area contributed by atoms with Crippen LogP contribution in [0.5, 0.6) is 23.0 Å². The van der Waals surface area contributed by atoms with Crippen molar-refractivity contribution in [3.05, 3.63) is 47.5 Å². The molecule has 134 valence electrons. The largest absolute Gasteiger partial charge is 0.486 e. The van der Waals surface area contributed by atoms with Gasteiger partial charge in [-0.3, -0.25) is 0 Å². The van der Waals surface area contributed by atoms with Crippen molar-refractivity contribution in [2.24, 2.45) is 0 Å². The highest BCUT2D eigenvalue weighted by atomic mass is 16.6. The number of rotatable bonds is 2. The predicted octanol–water partition coefficient (Wildman–Crippen LogP) is 4.60. The lowest BCUT2D eigenvalue weighted by Crippen LogP contribution is -2.16. The summed E-state index contributed by atoms with van der Waals surface area (Å²) >= 11 is 0. The Morgan fingerprint density at radius 2 is 1.48 bits per heavy atom. The van der Waals surface area contributed by atoms with Gasteiger partial charge in [0.25, 0.3) is 0 Å². The first-order chi connectivity index (χ1) is 12.2. The third-order valence-electron chi connectivity index (χ3n) is 4.26. The van der Waals surface area contributed by atoms with E-state index >= 15 is 0 Å². The fraction of sp³-hybridized carbons (Fsp3) is 0.429. The number of hydrogen-bond donors (Lipinski definition) is 0. The first-order valence-electron chi connectivity index (χ1n) is 8.96. The Balaban J connectivity index is 0.000000146. The Morgan fingerprint density at radius 3 is 2.20 bits per heavy atom. The van der Waals surface area contributed by atoms with Gasteiger partial charge in [0.15, 0.2) is 23.0 Å². The Labute approximate surface area is 149 Å². The fourth-order valence-electron chi connectivity index (χ4n) is 2.83. The standard InChI is InChI=1S/C11H14O2.C10H12O2/c1-8(2)9-3-4-10-11(7-9)13-6-5-12-10;1-2-8-4-3-5-9-10(8)12-7-6-11-9/h3-4,7-8H,5-6H2,1-2H3;3-5H,2,6-7H2,1H3. The van der Waals surface area contributed by atoms with Crippen LogP contribution in [-0.4, -0.2) is 26.4 Å². The highest BCUT2D eigenvalue weighted by Crippen LogP contribution is 2.34. The molecule has 2 aromatic rings. The van der Waals surface area contributed by atoms with Gasteiger partial charge < -0.3 is 18.9 Å². The molecule has 2 aromatic carbocycles. The van der Waals surface area contributed by atoms with Gasteiger partial charge in [0.1, 0.15) is 26.4 Å². The van der Waals surface area contributed by atoms with E-state index in [0.717, 1.165) is 29.4 Å². The van der Waals surface area contributed by atoms with Crippen LogP contribution in [0.2, 0.25) is 0 Å². The molecule has 4 nitrogen and oxygen atoms in total. The summed E-state index contributed by atoms with van der Waals surface area (Å²) in [5.74, 6) is 4.12. The Kier molecular flexibility index (Phi) is 5.69. The van der Waals surface area contributed by atoms with Crippen LogP contribution in [0.15, 0.2) is 36.4 Å². The van der Waals surface area contributed by atoms with E-state index in [4.69, 9.17) is 18.9 Å². The monoisotopic (exact) mass is 342 g/mol. The van der Waals surface area contributed by atoms with Crippen molar-refractivity contribution in [2.75, 3.05) is 26.4 Å². The van der Waals surface area contributed by atoms with Crippen LogP contribution in [0.1, 0.15) is 37.8 Å². The Bertz CT molecular complexity index is 695. The van der Waals surface area contributed by atoms with Crippen LogP contribution in [0.25, 0.3) is 0 Å². The molecule has 0 amide bonds. The molecule has 0 saturated carbocycles. The first kappa shape index (κ1) is 17.5. The molecule has 0 atom stereocenters. The minimum absolute atomic E-state index is 0.538. The molecule has 0 bridgehead atoms. The smallest absolute Gasteiger partial charge is 0.164 e. The number of para-hydroxylation sites is 1. The zero-order chi connectivity index (χ0) is 17.6. The Morgan fingerprint density at radius 1 is 0.800 bits per heavy atom. The van der Waals surface area contributed by atoms with E-state index in [9.17, 15) is 0 Å². The predicted molar refractivity (Wildman–Crippen MR) is 98.3 cm³/mol. The van der Waals surface area contributed by atoms with Crippen LogP contribution in [0, 0.1) is 0 Å². The van der Waals surface area contributed by atoms with E-state index in [1.165, 1.54) is 11.1 Å². The van der Waals surface area contributed by atoms with Crippen LogP contribution in [0.4, 0.5) is 0 Å². The Hall–Kier alpha value is -2.36. The van der Waals surface area contributed by atoms with E-state index in [0.29, 0.717) is 32.3 Å². The summed E-state index contributed by atoms with van der Waals surface area (Å²) in [5, 5.41) is 0. The number of hydrogen-bond acceptors (Lipinski definition) is 4. The van der Waals surface area contributed by atoms with E-state index < -0.39 is 0 Å². The van der Waals surface area contributed by atoms with Gasteiger partial charge in [-0.25, -0.2) is 0 Å². The van der Waals surface area contributed by atoms with E-state index in [1.54, 1.807) is 0 Å². The SMILES string of the molecule is CC(C)c1ccc2c(c1)OCCO2.CCc1cccc2c1OCCO2. The molecule has 0 aromatic heterocycles. The van der Waals surface area contributed by atoms with Gasteiger partial charge >= 0.3 is 0 Å². The van der Waals surface area contributed by atoms with E-state index in [2.05, 4.69) is 39.0 Å². The number of aryl methyl sites for hydroxylation is 1. The molecule has 0 unspecified atom stereocenters. The second-order valence-corrected chi connectivity index (χ2v) is 6.35.